The molecule has 0 saturated carbocycles. The molecule has 0 aliphatic rings. The first-order chi connectivity index (χ1) is 11.4. The molecule has 0 saturated heterocycles. The predicted molar refractivity (Wildman–Crippen MR) is 93.5 cm³/mol. The fourth-order valence-electron chi connectivity index (χ4n) is 1.76. The van der Waals surface area contributed by atoms with Gasteiger partial charge >= 0.3 is 11.9 Å². The summed E-state index contributed by atoms with van der Waals surface area (Å²) >= 11 is 0. The number of esters is 2. The standard InChI is InChI=1S/C20H24O5/c1-19(2,3)24-17(22)16(18(23)25-20(4,5)6)15(21)13-12-14-10-8-7-9-11-14/h7-11,16H,1-6H3. The smallest absolute Gasteiger partial charge is 0.329 e. The molecule has 1 aromatic carbocycles. The monoisotopic (exact) mass is 344 g/mol. The molecular formula is C20H24O5. The van der Waals surface area contributed by atoms with Gasteiger partial charge < -0.3 is 9.47 Å². The molecule has 0 aliphatic carbocycles. The maximum Gasteiger partial charge on any atom is 0.329 e. The molecule has 0 N–H and O–H groups in total. The Labute approximate surface area is 148 Å². The molecule has 25 heavy (non-hydrogen) atoms. The SMILES string of the molecule is CC(C)(C)OC(=O)C(C(=O)C#Cc1ccccc1)C(=O)OC(C)(C)C. The third-order valence-electron chi connectivity index (χ3n) is 2.65. The summed E-state index contributed by atoms with van der Waals surface area (Å²) < 4.78 is 10.4. The summed E-state index contributed by atoms with van der Waals surface area (Å²) in [6.45, 7) is 9.90. The molecule has 134 valence electrons. The first kappa shape index (κ1) is 20.4. The van der Waals surface area contributed by atoms with Crippen LogP contribution in [0, 0.1) is 17.8 Å². The molecule has 0 aromatic heterocycles. The van der Waals surface area contributed by atoms with Crippen LogP contribution in [0.15, 0.2) is 30.3 Å². The van der Waals surface area contributed by atoms with Gasteiger partial charge in [0.05, 0.1) is 0 Å². The van der Waals surface area contributed by atoms with E-state index in [1.807, 2.05) is 6.07 Å². The van der Waals surface area contributed by atoms with Crippen LogP contribution in [-0.2, 0) is 23.9 Å². The van der Waals surface area contributed by atoms with E-state index in [4.69, 9.17) is 9.47 Å². The van der Waals surface area contributed by atoms with Gasteiger partial charge in [-0.25, -0.2) is 0 Å². The first-order valence-corrected chi connectivity index (χ1v) is 7.96. The second-order valence-corrected chi connectivity index (χ2v) is 7.48. The maximum atomic E-state index is 12.4. The van der Waals surface area contributed by atoms with E-state index in [0.717, 1.165) is 0 Å². The lowest BCUT2D eigenvalue weighted by atomic mass is 10.0. The number of rotatable bonds is 3. The summed E-state index contributed by atoms with van der Waals surface area (Å²) in [6, 6.07) is 8.80. The highest BCUT2D eigenvalue weighted by atomic mass is 16.6. The number of carbonyl (C=O) groups is 3. The third-order valence-corrected chi connectivity index (χ3v) is 2.65. The summed E-state index contributed by atoms with van der Waals surface area (Å²) in [5, 5.41) is 0. The van der Waals surface area contributed by atoms with Crippen LogP contribution in [-0.4, -0.2) is 28.9 Å². The van der Waals surface area contributed by atoms with Gasteiger partial charge in [0.2, 0.25) is 11.7 Å². The zero-order valence-electron chi connectivity index (χ0n) is 15.5. The van der Waals surface area contributed by atoms with Crippen molar-refractivity contribution in [2.24, 2.45) is 5.92 Å². The number of carbonyl (C=O) groups excluding carboxylic acids is 3. The van der Waals surface area contributed by atoms with E-state index in [1.54, 1.807) is 65.8 Å². The van der Waals surface area contributed by atoms with Crippen molar-refractivity contribution in [1.29, 1.82) is 0 Å². The van der Waals surface area contributed by atoms with Gasteiger partial charge in [-0.2, -0.15) is 0 Å². The van der Waals surface area contributed by atoms with E-state index in [9.17, 15) is 14.4 Å². The summed E-state index contributed by atoms with van der Waals surface area (Å²) in [5.74, 6) is 0.478. The summed E-state index contributed by atoms with van der Waals surface area (Å²) in [7, 11) is 0. The molecule has 0 unspecified atom stereocenters. The van der Waals surface area contributed by atoms with Crippen LogP contribution in [0.1, 0.15) is 47.1 Å². The van der Waals surface area contributed by atoms with E-state index >= 15 is 0 Å². The molecule has 0 radical (unpaired) electrons. The Kier molecular flexibility index (Phi) is 6.52. The highest BCUT2D eigenvalue weighted by molar-refractivity contribution is 6.21. The number of Topliss-reactive ketones (excluding diaryl/α,β-unsaturated/α-hetero) is 1. The van der Waals surface area contributed by atoms with Crippen LogP contribution in [0.5, 0.6) is 0 Å². The summed E-state index contributed by atoms with van der Waals surface area (Å²) in [5.41, 5.74) is -1.09. The van der Waals surface area contributed by atoms with Crippen LogP contribution >= 0.6 is 0 Å². The third kappa shape index (κ3) is 7.67. The molecule has 0 heterocycles. The first-order valence-electron chi connectivity index (χ1n) is 7.96. The molecule has 0 atom stereocenters. The quantitative estimate of drug-likeness (QED) is 0.479. The van der Waals surface area contributed by atoms with E-state index in [0.29, 0.717) is 5.56 Å². The van der Waals surface area contributed by atoms with Crippen molar-refractivity contribution in [2.75, 3.05) is 0 Å². The van der Waals surface area contributed by atoms with Crippen LogP contribution in [0.4, 0.5) is 0 Å². The molecule has 0 bridgehead atoms. The average molecular weight is 344 g/mol. The second kappa shape index (κ2) is 7.98. The zero-order valence-corrected chi connectivity index (χ0v) is 15.5. The van der Waals surface area contributed by atoms with Crippen molar-refractivity contribution >= 4 is 17.7 Å². The van der Waals surface area contributed by atoms with Gasteiger partial charge in [0.15, 0.2) is 0 Å². The van der Waals surface area contributed by atoms with Gasteiger partial charge in [0.25, 0.3) is 0 Å². The average Bonchev–Trinajstić information content (AvgIpc) is 2.42. The highest BCUT2D eigenvalue weighted by Gasteiger charge is 2.39. The highest BCUT2D eigenvalue weighted by Crippen LogP contribution is 2.17. The topological polar surface area (TPSA) is 69.7 Å². The van der Waals surface area contributed by atoms with Crippen molar-refractivity contribution in [3.63, 3.8) is 0 Å². The molecule has 1 aromatic rings. The van der Waals surface area contributed by atoms with Crippen molar-refractivity contribution in [3.8, 4) is 11.8 Å². The van der Waals surface area contributed by atoms with Gasteiger partial charge in [-0.3, -0.25) is 14.4 Å². The molecular weight excluding hydrogens is 320 g/mol. The number of hydrogen-bond donors (Lipinski definition) is 0. The van der Waals surface area contributed by atoms with Crippen molar-refractivity contribution < 1.29 is 23.9 Å². The molecule has 5 heteroatoms. The van der Waals surface area contributed by atoms with Crippen LogP contribution in [0.3, 0.4) is 0 Å². The Hall–Kier alpha value is -2.61. The van der Waals surface area contributed by atoms with Gasteiger partial charge in [-0.1, -0.05) is 24.1 Å². The van der Waals surface area contributed by atoms with Gasteiger partial charge in [-0.05, 0) is 59.6 Å². The molecule has 5 nitrogen and oxygen atoms in total. The Balaban J connectivity index is 3.09. The summed E-state index contributed by atoms with van der Waals surface area (Å²) in [4.78, 5) is 37.1. The minimum atomic E-state index is -1.73. The fourth-order valence-corrected chi connectivity index (χ4v) is 1.76. The molecule has 0 spiro atoms. The van der Waals surface area contributed by atoms with Crippen LogP contribution in [0.2, 0.25) is 0 Å². The molecule has 0 aliphatic heterocycles. The lowest BCUT2D eigenvalue weighted by Gasteiger charge is -2.24. The lowest BCUT2D eigenvalue weighted by molar-refractivity contribution is -0.174. The Morgan fingerprint density at radius 3 is 1.68 bits per heavy atom. The zero-order chi connectivity index (χ0) is 19.3. The number of benzene rings is 1. The van der Waals surface area contributed by atoms with Crippen LogP contribution < -0.4 is 0 Å². The molecule has 0 amide bonds. The number of hydrogen-bond acceptors (Lipinski definition) is 5. The van der Waals surface area contributed by atoms with Gasteiger partial charge in [0, 0.05) is 5.56 Å². The lowest BCUT2D eigenvalue weighted by Crippen LogP contribution is -2.40. The predicted octanol–water partition coefficient (Wildman–Crippen LogP) is 2.91. The fraction of sp³-hybridized carbons (Fsp3) is 0.450. The number of ether oxygens (including phenoxy) is 2. The Bertz CT molecular complexity index is 666. The van der Waals surface area contributed by atoms with E-state index in [2.05, 4.69) is 11.8 Å². The van der Waals surface area contributed by atoms with Crippen LogP contribution in [0.25, 0.3) is 0 Å². The van der Waals surface area contributed by atoms with Crippen molar-refractivity contribution in [3.05, 3.63) is 35.9 Å². The summed E-state index contributed by atoms with van der Waals surface area (Å²) in [6.07, 6.45) is 0. The Morgan fingerprint density at radius 1 is 0.840 bits per heavy atom. The Morgan fingerprint density at radius 2 is 1.28 bits per heavy atom. The minimum absolute atomic E-state index is 0.600. The van der Waals surface area contributed by atoms with Crippen molar-refractivity contribution in [1.82, 2.24) is 0 Å². The largest absolute Gasteiger partial charge is 0.459 e. The molecule has 0 fully saturated rings. The van der Waals surface area contributed by atoms with Crippen molar-refractivity contribution in [2.45, 2.75) is 52.7 Å². The second-order valence-electron chi connectivity index (χ2n) is 7.48. The van der Waals surface area contributed by atoms with E-state index in [1.165, 1.54) is 0 Å². The number of ketones is 1. The van der Waals surface area contributed by atoms with E-state index in [-0.39, 0.29) is 0 Å². The minimum Gasteiger partial charge on any atom is -0.459 e. The van der Waals surface area contributed by atoms with E-state index < -0.39 is 34.8 Å². The van der Waals surface area contributed by atoms with Gasteiger partial charge in [0.1, 0.15) is 11.2 Å². The molecule has 1 rings (SSSR count). The van der Waals surface area contributed by atoms with Gasteiger partial charge in [-0.15, -0.1) is 0 Å². The maximum absolute atomic E-state index is 12.4. The normalized spacial score (nSPS) is 11.3.